The molecule has 1 N–H and O–H groups in total. The Morgan fingerprint density at radius 2 is 1.79 bits per heavy atom. The molecule has 29 heavy (non-hydrogen) atoms. The largest absolute Gasteiger partial charge is 0.300 e. The van der Waals surface area contributed by atoms with Gasteiger partial charge in [-0.3, -0.25) is 9.59 Å². The highest BCUT2D eigenvalue weighted by Gasteiger charge is 2.14. The molecule has 0 aliphatic rings. The molecule has 0 bridgehead atoms. The standard InChI is InChI=1S/C21H27N5O2S/c1-3-4-5-6-7-8-13-19-23-24-21(29-19)22-18(27)14-17-15-11-9-10-12-16(15)20(28)26(2)25-17/h9-12H,3-8,13-14H2,1-2H3,(H,22,24,27). The second-order valence-electron chi connectivity index (χ2n) is 7.16. The number of rotatable bonds is 10. The molecule has 0 saturated heterocycles. The van der Waals surface area contributed by atoms with E-state index < -0.39 is 0 Å². The summed E-state index contributed by atoms with van der Waals surface area (Å²) in [7, 11) is 1.59. The highest BCUT2D eigenvalue weighted by atomic mass is 32.1. The molecule has 2 aromatic heterocycles. The first-order valence-electron chi connectivity index (χ1n) is 10.2. The third-order valence-corrected chi connectivity index (χ3v) is 5.72. The summed E-state index contributed by atoms with van der Waals surface area (Å²) in [5.41, 5.74) is 0.394. The number of carbonyl (C=O) groups excluding carboxylic acids is 1. The minimum atomic E-state index is -0.219. The second-order valence-corrected chi connectivity index (χ2v) is 8.23. The van der Waals surface area contributed by atoms with Gasteiger partial charge >= 0.3 is 0 Å². The lowest BCUT2D eigenvalue weighted by atomic mass is 10.1. The zero-order valence-electron chi connectivity index (χ0n) is 17.0. The fourth-order valence-corrected chi connectivity index (χ4v) is 4.08. The Morgan fingerprint density at radius 1 is 1.07 bits per heavy atom. The van der Waals surface area contributed by atoms with Gasteiger partial charge in [0, 0.05) is 18.9 Å². The van der Waals surface area contributed by atoms with Gasteiger partial charge in [0.1, 0.15) is 5.01 Å². The van der Waals surface area contributed by atoms with Crippen LogP contribution in [0.5, 0.6) is 0 Å². The summed E-state index contributed by atoms with van der Waals surface area (Å²) in [6.07, 6.45) is 8.37. The molecule has 0 aliphatic heterocycles. The van der Waals surface area contributed by atoms with Gasteiger partial charge in [-0.2, -0.15) is 5.10 Å². The summed E-state index contributed by atoms with van der Waals surface area (Å²) >= 11 is 1.42. The van der Waals surface area contributed by atoms with Crippen LogP contribution >= 0.6 is 11.3 Å². The first-order chi connectivity index (χ1) is 14.1. The normalized spacial score (nSPS) is 11.1. The van der Waals surface area contributed by atoms with Gasteiger partial charge in [-0.1, -0.05) is 68.6 Å². The number of unbranched alkanes of at least 4 members (excludes halogenated alkanes) is 5. The van der Waals surface area contributed by atoms with Crippen molar-refractivity contribution in [3.63, 3.8) is 0 Å². The molecule has 154 valence electrons. The van der Waals surface area contributed by atoms with Crippen LogP contribution in [-0.4, -0.2) is 25.9 Å². The monoisotopic (exact) mass is 413 g/mol. The van der Waals surface area contributed by atoms with Gasteiger partial charge in [0.25, 0.3) is 5.56 Å². The van der Waals surface area contributed by atoms with Crippen LogP contribution in [0.2, 0.25) is 0 Å². The summed E-state index contributed by atoms with van der Waals surface area (Å²) in [6.45, 7) is 2.22. The molecule has 8 heteroatoms. The van der Waals surface area contributed by atoms with E-state index >= 15 is 0 Å². The lowest BCUT2D eigenvalue weighted by Gasteiger charge is -2.07. The molecule has 3 aromatic rings. The average molecular weight is 414 g/mol. The van der Waals surface area contributed by atoms with Gasteiger partial charge in [-0.25, -0.2) is 4.68 Å². The molecule has 3 rings (SSSR count). The first-order valence-corrected chi connectivity index (χ1v) is 11.0. The Labute approximate surface area is 174 Å². The number of benzene rings is 1. The Bertz CT molecular complexity index is 1030. The first kappa shape index (κ1) is 21.1. The van der Waals surface area contributed by atoms with Crippen molar-refractivity contribution in [3.05, 3.63) is 45.3 Å². The summed E-state index contributed by atoms with van der Waals surface area (Å²) in [4.78, 5) is 24.7. The third kappa shape index (κ3) is 5.69. The predicted molar refractivity (Wildman–Crippen MR) is 116 cm³/mol. The molecule has 7 nitrogen and oxygen atoms in total. The van der Waals surface area contributed by atoms with Crippen LogP contribution in [0, 0.1) is 0 Å². The van der Waals surface area contributed by atoms with Crippen molar-refractivity contribution in [2.75, 3.05) is 5.32 Å². The highest BCUT2D eigenvalue weighted by molar-refractivity contribution is 7.15. The van der Waals surface area contributed by atoms with Crippen molar-refractivity contribution in [2.45, 2.75) is 58.3 Å². The second kappa shape index (κ2) is 10.2. The maximum Gasteiger partial charge on any atom is 0.274 e. The number of nitrogens with one attached hydrogen (secondary N) is 1. The molecule has 0 fully saturated rings. The molecular weight excluding hydrogens is 386 g/mol. The fraction of sp³-hybridized carbons (Fsp3) is 0.476. The van der Waals surface area contributed by atoms with E-state index in [0.717, 1.165) is 17.8 Å². The summed E-state index contributed by atoms with van der Waals surface area (Å²) in [5.74, 6) is -0.219. The third-order valence-electron chi connectivity index (χ3n) is 4.82. The van der Waals surface area contributed by atoms with Crippen molar-refractivity contribution in [3.8, 4) is 0 Å². The Balaban J connectivity index is 1.57. The number of amides is 1. The van der Waals surface area contributed by atoms with Crippen LogP contribution in [0.1, 0.15) is 56.2 Å². The minimum Gasteiger partial charge on any atom is -0.300 e. The molecular formula is C21H27N5O2S. The van der Waals surface area contributed by atoms with E-state index in [9.17, 15) is 9.59 Å². The zero-order valence-corrected chi connectivity index (χ0v) is 17.8. The van der Waals surface area contributed by atoms with E-state index in [1.54, 1.807) is 19.2 Å². The summed E-state index contributed by atoms with van der Waals surface area (Å²) in [6, 6.07) is 7.21. The lowest BCUT2D eigenvalue weighted by Crippen LogP contribution is -2.24. The number of anilines is 1. The topological polar surface area (TPSA) is 89.8 Å². The number of hydrogen-bond donors (Lipinski definition) is 1. The predicted octanol–water partition coefficient (Wildman–Crippen LogP) is 3.87. The maximum atomic E-state index is 12.5. The molecule has 0 spiro atoms. The molecule has 0 unspecified atom stereocenters. The van der Waals surface area contributed by atoms with Gasteiger partial charge in [-0.05, 0) is 12.5 Å². The molecule has 0 saturated carbocycles. The van der Waals surface area contributed by atoms with Crippen molar-refractivity contribution in [2.24, 2.45) is 7.05 Å². The smallest absolute Gasteiger partial charge is 0.274 e. The van der Waals surface area contributed by atoms with Gasteiger partial charge in [0.2, 0.25) is 11.0 Å². The highest BCUT2D eigenvalue weighted by Crippen LogP contribution is 2.19. The number of aromatic nitrogens is 4. The van der Waals surface area contributed by atoms with Crippen molar-refractivity contribution < 1.29 is 4.79 Å². The van der Waals surface area contributed by atoms with Crippen LogP contribution in [0.4, 0.5) is 5.13 Å². The number of aryl methyl sites for hydroxylation is 2. The lowest BCUT2D eigenvalue weighted by molar-refractivity contribution is -0.115. The van der Waals surface area contributed by atoms with E-state index in [1.165, 1.54) is 48.1 Å². The van der Waals surface area contributed by atoms with Crippen LogP contribution in [0.3, 0.4) is 0 Å². The van der Waals surface area contributed by atoms with Crippen molar-refractivity contribution in [1.82, 2.24) is 20.0 Å². The van der Waals surface area contributed by atoms with E-state index in [2.05, 4.69) is 27.5 Å². The molecule has 1 aromatic carbocycles. The van der Waals surface area contributed by atoms with Crippen LogP contribution in [0.15, 0.2) is 29.1 Å². The summed E-state index contributed by atoms with van der Waals surface area (Å²) < 4.78 is 1.27. The quantitative estimate of drug-likeness (QED) is 0.510. The number of fused-ring (bicyclic) bond motifs is 1. The van der Waals surface area contributed by atoms with Gasteiger partial charge in [0.15, 0.2) is 0 Å². The van der Waals surface area contributed by atoms with Crippen LogP contribution in [-0.2, 0) is 24.7 Å². The SMILES string of the molecule is CCCCCCCCc1nnc(NC(=O)Cc2nn(C)c(=O)c3ccccc23)s1. The van der Waals surface area contributed by atoms with E-state index in [-0.39, 0.29) is 17.9 Å². The van der Waals surface area contributed by atoms with Crippen molar-refractivity contribution in [1.29, 1.82) is 0 Å². The van der Waals surface area contributed by atoms with Gasteiger partial charge in [-0.15, -0.1) is 10.2 Å². The molecule has 1 amide bonds. The van der Waals surface area contributed by atoms with Gasteiger partial charge in [0.05, 0.1) is 17.5 Å². The van der Waals surface area contributed by atoms with E-state index in [1.807, 2.05) is 12.1 Å². The molecule has 0 atom stereocenters. The zero-order chi connectivity index (χ0) is 20.6. The molecule has 0 aliphatic carbocycles. The number of hydrogen-bond acceptors (Lipinski definition) is 6. The maximum absolute atomic E-state index is 12.5. The minimum absolute atomic E-state index is 0.0704. The molecule has 0 radical (unpaired) electrons. The van der Waals surface area contributed by atoms with Crippen LogP contribution in [0.25, 0.3) is 10.8 Å². The Morgan fingerprint density at radius 3 is 2.59 bits per heavy atom. The van der Waals surface area contributed by atoms with Crippen LogP contribution < -0.4 is 10.9 Å². The Kier molecular flexibility index (Phi) is 7.46. The number of nitrogens with zero attached hydrogens (tertiary/aromatic N) is 4. The fourth-order valence-electron chi connectivity index (χ4n) is 3.28. The average Bonchev–Trinajstić information content (AvgIpc) is 3.15. The van der Waals surface area contributed by atoms with Gasteiger partial charge < -0.3 is 5.32 Å². The van der Waals surface area contributed by atoms with Crippen molar-refractivity contribution >= 4 is 33.1 Å². The van der Waals surface area contributed by atoms with E-state index in [0.29, 0.717) is 21.6 Å². The molecule has 2 heterocycles. The number of carbonyl (C=O) groups is 1. The summed E-state index contributed by atoms with van der Waals surface area (Å²) in [5, 5.41) is 18.0. The van der Waals surface area contributed by atoms with E-state index in [4.69, 9.17) is 0 Å². The Hall–Kier alpha value is -2.61.